The second kappa shape index (κ2) is 38.2. The standard InChI is InChI=1S/C48H94NO12P/c1-3-5-7-9-11-13-15-17-18-19-20-21-22-23-24-26-28-30-32-34-36-41(51)40(38-60-62(58,59)61-48-46(56)44(54)43(53)45(55)47(48)57)49-42(52)37-39(50)35-33-31-29-27-25-16-14-12-10-8-6-4-2/h34,36,39-41,43-48,50-51,53-57H,3-33,35,37-38H2,1-2H3,(H,49,52)(H,58,59)/b36-34+. The molecular weight excluding hydrogens is 813 g/mol. The average Bonchev–Trinajstić information content (AvgIpc) is 3.24. The molecule has 0 saturated heterocycles. The Bertz CT molecular complexity index is 1120. The lowest BCUT2D eigenvalue weighted by Gasteiger charge is -2.41. The zero-order valence-corrected chi connectivity index (χ0v) is 39.9. The molecule has 9 N–H and O–H groups in total. The summed E-state index contributed by atoms with van der Waals surface area (Å²) < 4.78 is 22.9. The number of aliphatic hydroxyl groups is 7. The third-order valence-corrected chi connectivity index (χ3v) is 13.4. The Balaban J connectivity index is 2.49. The van der Waals surface area contributed by atoms with Crippen molar-refractivity contribution in [3.63, 3.8) is 0 Å². The van der Waals surface area contributed by atoms with Crippen molar-refractivity contribution < 1.29 is 59.0 Å². The van der Waals surface area contributed by atoms with Gasteiger partial charge in [-0.1, -0.05) is 212 Å². The van der Waals surface area contributed by atoms with Crippen LogP contribution < -0.4 is 5.32 Å². The van der Waals surface area contributed by atoms with E-state index >= 15 is 0 Å². The zero-order chi connectivity index (χ0) is 45.9. The number of phosphoric ester groups is 1. The molecule has 13 nitrogen and oxygen atoms in total. The Hall–Kier alpha value is -0.960. The van der Waals surface area contributed by atoms with Crippen molar-refractivity contribution in [2.75, 3.05) is 6.61 Å². The van der Waals surface area contributed by atoms with Crippen molar-refractivity contribution in [2.45, 2.75) is 281 Å². The highest BCUT2D eigenvalue weighted by atomic mass is 31.2. The van der Waals surface area contributed by atoms with Crippen molar-refractivity contribution in [1.29, 1.82) is 0 Å². The highest BCUT2D eigenvalue weighted by Crippen LogP contribution is 2.47. The smallest absolute Gasteiger partial charge is 0.393 e. The minimum absolute atomic E-state index is 0.240. The molecule has 0 aromatic rings. The third kappa shape index (κ3) is 29.5. The van der Waals surface area contributed by atoms with E-state index in [1.54, 1.807) is 6.08 Å². The maximum Gasteiger partial charge on any atom is 0.472 e. The molecular formula is C48H94NO12P. The highest BCUT2D eigenvalue weighted by Gasteiger charge is 2.51. The van der Waals surface area contributed by atoms with Gasteiger partial charge in [0.1, 0.15) is 36.6 Å². The molecule has 8 atom stereocenters. The first-order chi connectivity index (χ1) is 29.8. The van der Waals surface area contributed by atoms with E-state index < -0.39 is 75.2 Å². The fourth-order valence-corrected chi connectivity index (χ4v) is 9.21. The molecule has 0 aliphatic heterocycles. The summed E-state index contributed by atoms with van der Waals surface area (Å²) in [5.74, 6) is -0.590. The molecule has 1 aliphatic rings. The summed E-state index contributed by atoms with van der Waals surface area (Å²) in [5, 5.41) is 74.6. The van der Waals surface area contributed by atoms with Gasteiger partial charge in [0.05, 0.1) is 31.3 Å². The van der Waals surface area contributed by atoms with Crippen molar-refractivity contribution in [3.8, 4) is 0 Å². The molecule has 0 bridgehead atoms. The number of amides is 1. The number of rotatable bonds is 42. The lowest BCUT2D eigenvalue weighted by atomic mass is 9.85. The van der Waals surface area contributed by atoms with E-state index in [1.807, 2.05) is 0 Å². The van der Waals surface area contributed by atoms with Crippen LogP contribution in [0, 0.1) is 0 Å². The molecule has 0 radical (unpaired) electrons. The van der Waals surface area contributed by atoms with Gasteiger partial charge in [0, 0.05) is 0 Å². The normalized spacial score (nSPS) is 23.1. The Morgan fingerprint density at radius 2 is 0.919 bits per heavy atom. The van der Waals surface area contributed by atoms with E-state index in [0.717, 1.165) is 44.9 Å². The van der Waals surface area contributed by atoms with E-state index in [4.69, 9.17) is 9.05 Å². The maximum atomic E-state index is 13.0. The van der Waals surface area contributed by atoms with Gasteiger partial charge in [0.25, 0.3) is 0 Å². The van der Waals surface area contributed by atoms with Crippen LogP contribution >= 0.6 is 7.82 Å². The first-order valence-electron chi connectivity index (χ1n) is 25.2. The fourth-order valence-electron chi connectivity index (χ4n) is 8.24. The Morgan fingerprint density at radius 1 is 0.565 bits per heavy atom. The SMILES string of the molecule is CCCCCCCCCCCCCCCCCCCC/C=C/C(O)C(COP(=O)(O)OC1C(O)C(O)C(O)C(O)C1O)NC(=O)CC(O)CCCCCCCCCCCCCC. The van der Waals surface area contributed by atoms with Gasteiger partial charge in [-0.3, -0.25) is 13.8 Å². The number of hydrogen-bond acceptors (Lipinski definition) is 11. The number of carbonyl (C=O) groups is 1. The van der Waals surface area contributed by atoms with Crippen LogP contribution in [-0.2, 0) is 18.4 Å². The van der Waals surface area contributed by atoms with E-state index in [-0.39, 0.29) is 6.42 Å². The topological polar surface area (TPSA) is 226 Å². The van der Waals surface area contributed by atoms with Gasteiger partial charge in [-0.2, -0.15) is 0 Å². The van der Waals surface area contributed by atoms with Gasteiger partial charge in [-0.05, 0) is 19.3 Å². The largest absolute Gasteiger partial charge is 0.472 e. The van der Waals surface area contributed by atoms with Crippen molar-refractivity contribution >= 4 is 13.7 Å². The Morgan fingerprint density at radius 3 is 1.32 bits per heavy atom. The maximum absolute atomic E-state index is 13.0. The molecule has 1 fully saturated rings. The van der Waals surface area contributed by atoms with Crippen LogP contribution in [0.1, 0.15) is 226 Å². The average molecular weight is 908 g/mol. The molecule has 1 aliphatic carbocycles. The van der Waals surface area contributed by atoms with Crippen LogP contribution in [0.4, 0.5) is 0 Å². The molecule has 14 heteroatoms. The van der Waals surface area contributed by atoms with Gasteiger partial charge >= 0.3 is 7.82 Å². The van der Waals surface area contributed by atoms with Crippen LogP contribution in [0.15, 0.2) is 12.2 Å². The zero-order valence-electron chi connectivity index (χ0n) is 39.1. The number of aliphatic hydroxyl groups excluding tert-OH is 7. The second-order valence-electron chi connectivity index (χ2n) is 18.2. The van der Waals surface area contributed by atoms with Gasteiger partial charge in [-0.25, -0.2) is 4.57 Å². The first-order valence-corrected chi connectivity index (χ1v) is 26.7. The monoisotopic (exact) mass is 908 g/mol. The van der Waals surface area contributed by atoms with E-state index in [9.17, 15) is 50.0 Å². The second-order valence-corrected chi connectivity index (χ2v) is 19.6. The van der Waals surface area contributed by atoms with Crippen molar-refractivity contribution in [2.24, 2.45) is 0 Å². The van der Waals surface area contributed by atoms with E-state index in [0.29, 0.717) is 12.8 Å². The van der Waals surface area contributed by atoms with Crippen LogP contribution in [0.25, 0.3) is 0 Å². The minimum atomic E-state index is -5.14. The lowest BCUT2D eigenvalue weighted by molar-refractivity contribution is -0.220. The fraction of sp³-hybridized carbons (Fsp3) is 0.938. The van der Waals surface area contributed by atoms with Crippen molar-refractivity contribution in [1.82, 2.24) is 5.32 Å². The third-order valence-electron chi connectivity index (χ3n) is 12.4. The molecule has 8 unspecified atom stereocenters. The molecule has 0 heterocycles. The molecule has 1 saturated carbocycles. The highest BCUT2D eigenvalue weighted by molar-refractivity contribution is 7.47. The number of allylic oxidation sites excluding steroid dienone is 1. The van der Waals surface area contributed by atoms with Crippen LogP contribution in [0.5, 0.6) is 0 Å². The van der Waals surface area contributed by atoms with Gasteiger partial charge in [0.15, 0.2) is 0 Å². The Kier molecular flexibility index (Phi) is 36.4. The summed E-state index contributed by atoms with van der Waals surface area (Å²) in [6, 6.07) is -1.24. The molecule has 0 aromatic carbocycles. The first kappa shape index (κ1) is 59.1. The molecule has 368 valence electrons. The van der Waals surface area contributed by atoms with Gasteiger partial charge in [0.2, 0.25) is 5.91 Å². The van der Waals surface area contributed by atoms with Crippen LogP contribution in [-0.4, -0.2) is 108 Å². The van der Waals surface area contributed by atoms with E-state index in [2.05, 4.69) is 19.2 Å². The summed E-state index contributed by atoms with van der Waals surface area (Å²) in [4.78, 5) is 23.5. The summed E-state index contributed by atoms with van der Waals surface area (Å²) in [7, 11) is -5.14. The number of hydrogen-bond donors (Lipinski definition) is 9. The van der Waals surface area contributed by atoms with Crippen molar-refractivity contribution in [3.05, 3.63) is 12.2 Å². The Labute approximate surface area is 376 Å². The van der Waals surface area contributed by atoms with E-state index in [1.165, 1.54) is 154 Å². The molecule has 0 aromatic heterocycles. The quantitative estimate of drug-likeness (QED) is 0.0159. The summed E-state index contributed by atoms with van der Waals surface area (Å²) >= 11 is 0. The number of nitrogens with one attached hydrogen (secondary N) is 1. The summed E-state index contributed by atoms with van der Waals surface area (Å²) in [6.45, 7) is 3.75. The molecule has 0 spiro atoms. The summed E-state index contributed by atoms with van der Waals surface area (Å²) in [5.41, 5.74) is 0. The van der Waals surface area contributed by atoms with Gasteiger partial charge < -0.3 is 46.0 Å². The molecule has 1 amide bonds. The van der Waals surface area contributed by atoms with Gasteiger partial charge in [-0.15, -0.1) is 0 Å². The lowest BCUT2D eigenvalue weighted by Crippen LogP contribution is -2.64. The minimum Gasteiger partial charge on any atom is -0.393 e. The number of phosphoric acid groups is 1. The number of unbranched alkanes of at least 4 members (excludes halogenated alkanes) is 29. The number of carbonyl (C=O) groups excluding carboxylic acids is 1. The van der Waals surface area contributed by atoms with Crippen LogP contribution in [0.3, 0.4) is 0 Å². The summed E-state index contributed by atoms with van der Waals surface area (Å²) in [6.07, 6.45) is 27.3. The predicted molar refractivity (Wildman–Crippen MR) is 247 cm³/mol. The molecule has 1 rings (SSSR count). The van der Waals surface area contributed by atoms with Crippen LogP contribution in [0.2, 0.25) is 0 Å². The predicted octanol–water partition coefficient (Wildman–Crippen LogP) is 8.98. The molecule has 62 heavy (non-hydrogen) atoms.